The summed E-state index contributed by atoms with van der Waals surface area (Å²) in [4.78, 5) is 0. The largest absolute Gasteiger partial charge is 0.494 e. The molecule has 5 heteroatoms. The van der Waals surface area contributed by atoms with E-state index in [1.807, 2.05) is 37.3 Å². The van der Waals surface area contributed by atoms with Crippen molar-refractivity contribution in [2.24, 2.45) is 0 Å². The maximum Gasteiger partial charge on any atom is 0.179 e. The zero-order valence-corrected chi connectivity index (χ0v) is 14.4. The van der Waals surface area contributed by atoms with Crippen LogP contribution in [0.1, 0.15) is 18.1 Å². The van der Waals surface area contributed by atoms with E-state index in [4.69, 9.17) is 25.8 Å². The second-order valence-corrected chi connectivity index (χ2v) is 5.34. The molecular weight excluding hydrogens is 314 g/mol. The molecule has 124 valence electrons. The van der Waals surface area contributed by atoms with Crippen molar-refractivity contribution in [2.75, 3.05) is 20.8 Å². The van der Waals surface area contributed by atoms with Gasteiger partial charge in [-0.25, -0.2) is 0 Å². The normalized spacial score (nSPS) is 10.4. The lowest BCUT2D eigenvalue weighted by molar-refractivity contribution is 0.340. The minimum absolute atomic E-state index is 0.562. The monoisotopic (exact) mass is 335 g/mol. The van der Waals surface area contributed by atoms with Crippen molar-refractivity contribution >= 4 is 11.6 Å². The van der Waals surface area contributed by atoms with Crippen LogP contribution in [0.3, 0.4) is 0 Å². The molecule has 2 aromatic carbocycles. The van der Waals surface area contributed by atoms with Crippen LogP contribution in [0.25, 0.3) is 0 Å². The number of nitrogens with one attached hydrogen (secondary N) is 1. The lowest BCUT2D eigenvalue weighted by atomic mass is 10.1. The molecule has 0 saturated carbocycles. The Morgan fingerprint density at radius 1 is 1.04 bits per heavy atom. The highest BCUT2D eigenvalue weighted by atomic mass is 35.5. The van der Waals surface area contributed by atoms with Gasteiger partial charge in [0.05, 0.1) is 25.8 Å². The number of halogens is 1. The molecule has 0 radical (unpaired) electrons. The van der Waals surface area contributed by atoms with Gasteiger partial charge in [-0.2, -0.15) is 0 Å². The molecule has 0 bridgehead atoms. The summed E-state index contributed by atoms with van der Waals surface area (Å²) in [5.74, 6) is 2.08. The molecule has 0 saturated heterocycles. The molecule has 0 aliphatic rings. The lowest BCUT2D eigenvalue weighted by Crippen LogP contribution is -2.13. The highest BCUT2D eigenvalue weighted by molar-refractivity contribution is 6.33. The minimum atomic E-state index is 0.562. The number of methoxy groups -OCH3 is 2. The zero-order chi connectivity index (χ0) is 16.7. The number of hydrogen-bond acceptors (Lipinski definition) is 4. The SMILES string of the molecule is CCOc1cccc(CNCc2ccc(OC)c(OC)c2Cl)c1. The molecule has 0 spiro atoms. The molecule has 0 aliphatic carbocycles. The van der Waals surface area contributed by atoms with Crippen LogP contribution in [-0.2, 0) is 13.1 Å². The van der Waals surface area contributed by atoms with Crippen LogP contribution in [0.5, 0.6) is 17.2 Å². The van der Waals surface area contributed by atoms with E-state index in [0.29, 0.717) is 29.7 Å². The van der Waals surface area contributed by atoms with Gasteiger partial charge in [0.1, 0.15) is 5.75 Å². The number of ether oxygens (including phenoxy) is 3. The maximum absolute atomic E-state index is 6.38. The van der Waals surface area contributed by atoms with Gasteiger partial charge < -0.3 is 19.5 Å². The second-order valence-electron chi connectivity index (χ2n) is 4.96. The lowest BCUT2D eigenvalue weighted by Gasteiger charge is -2.13. The number of hydrogen-bond donors (Lipinski definition) is 1. The third-order valence-corrected chi connectivity index (χ3v) is 3.83. The summed E-state index contributed by atoms with van der Waals surface area (Å²) in [7, 11) is 3.18. The molecule has 0 unspecified atom stereocenters. The third-order valence-electron chi connectivity index (χ3n) is 3.42. The molecule has 0 amide bonds. The van der Waals surface area contributed by atoms with Crippen LogP contribution in [0.15, 0.2) is 36.4 Å². The van der Waals surface area contributed by atoms with Crippen molar-refractivity contribution in [3.05, 3.63) is 52.5 Å². The first-order valence-corrected chi connectivity index (χ1v) is 7.89. The van der Waals surface area contributed by atoms with Crippen molar-refractivity contribution in [3.63, 3.8) is 0 Å². The Kier molecular flexibility index (Phi) is 6.56. The molecule has 23 heavy (non-hydrogen) atoms. The highest BCUT2D eigenvalue weighted by Crippen LogP contribution is 2.37. The van der Waals surface area contributed by atoms with Crippen LogP contribution in [0.2, 0.25) is 5.02 Å². The molecule has 4 nitrogen and oxygen atoms in total. The van der Waals surface area contributed by atoms with Gasteiger partial charge in [0.15, 0.2) is 11.5 Å². The smallest absolute Gasteiger partial charge is 0.179 e. The summed E-state index contributed by atoms with van der Waals surface area (Å²) in [6, 6.07) is 11.8. The summed E-state index contributed by atoms with van der Waals surface area (Å²) in [6.45, 7) is 4.01. The molecular formula is C18H22ClNO3. The predicted molar refractivity (Wildman–Crippen MR) is 92.7 cm³/mol. The van der Waals surface area contributed by atoms with Crippen LogP contribution in [0.4, 0.5) is 0 Å². The molecule has 0 heterocycles. The van der Waals surface area contributed by atoms with Gasteiger partial charge in [-0.15, -0.1) is 0 Å². The van der Waals surface area contributed by atoms with Crippen LogP contribution in [-0.4, -0.2) is 20.8 Å². The molecule has 0 fully saturated rings. The van der Waals surface area contributed by atoms with Gasteiger partial charge in [0.25, 0.3) is 0 Å². The van der Waals surface area contributed by atoms with Gasteiger partial charge >= 0.3 is 0 Å². The first-order chi connectivity index (χ1) is 11.2. The van der Waals surface area contributed by atoms with E-state index in [9.17, 15) is 0 Å². The first-order valence-electron chi connectivity index (χ1n) is 7.51. The summed E-state index contributed by atoms with van der Waals surface area (Å²) in [5.41, 5.74) is 2.12. The molecule has 0 aromatic heterocycles. The zero-order valence-electron chi connectivity index (χ0n) is 13.7. The number of benzene rings is 2. The average Bonchev–Trinajstić information content (AvgIpc) is 2.56. The van der Waals surface area contributed by atoms with E-state index in [0.717, 1.165) is 23.4 Å². The topological polar surface area (TPSA) is 39.7 Å². The van der Waals surface area contributed by atoms with Gasteiger partial charge in [0.2, 0.25) is 0 Å². The average molecular weight is 336 g/mol. The standard InChI is InChI=1S/C18H22ClNO3/c1-4-23-15-7-5-6-13(10-15)11-20-12-14-8-9-16(21-2)18(22-3)17(14)19/h5-10,20H,4,11-12H2,1-3H3. The maximum atomic E-state index is 6.38. The van der Waals surface area contributed by atoms with Crippen molar-refractivity contribution in [2.45, 2.75) is 20.0 Å². The quantitative estimate of drug-likeness (QED) is 0.790. The minimum Gasteiger partial charge on any atom is -0.494 e. The Morgan fingerprint density at radius 2 is 1.87 bits per heavy atom. The van der Waals surface area contributed by atoms with Crippen LogP contribution < -0.4 is 19.5 Å². The Bertz CT molecular complexity index is 646. The van der Waals surface area contributed by atoms with Crippen molar-refractivity contribution in [3.8, 4) is 17.2 Å². The first kappa shape index (κ1) is 17.4. The van der Waals surface area contributed by atoms with Crippen molar-refractivity contribution < 1.29 is 14.2 Å². The molecule has 1 N–H and O–H groups in total. The van der Waals surface area contributed by atoms with Crippen LogP contribution >= 0.6 is 11.6 Å². The van der Waals surface area contributed by atoms with Gasteiger partial charge in [-0.3, -0.25) is 0 Å². The summed E-state index contributed by atoms with van der Waals surface area (Å²) < 4.78 is 16.1. The van der Waals surface area contributed by atoms with E-state index >= 15 is 0 Å². The van der Waals surface area contributed by atoms with Crippen LogP contribution in [0, 0.1) is 0 Å². The fraction of sp³-hybridized carbons (Fsp3) is 0.333. The predicted octanol–water partition coefficient (Wildman–Crippen LogP) is 4.05. The summed E-state index contributed by atoms with van der Waals surface area (Å²) in [6.07, 6.45) is 0. The molecule has 0 aliphatic heterocycles. The van der Waals surface area contributed by atoms with Gasteiger partial charge in [0, 0.05) is 13.1 Å². The molecule has 0 atom stereocenters. The van der Waals surface area contributed by atoms with E-state index in [1.54, 1.807) is 14.2 Å². The van der Waals surface area contributed by atoms with Crippen molar-refractivity contribution in [1.82, 2.24) is 5.32 Å². The Balaban J connectivity index is 2.00. The fourth-order valence-electron chi connectivity index (χ4n) is 2.32. The molecule has 2 aromatic rings. The molecule has 2 rings (SSSR count). The Hall–Kier alpha value is -1.91. The van der Waals surface area contributed by atoms with E-state index in [1.165, 1.54) is 0 Å². The number of rotatable bonds is 8. The van der Waals surface area contributed by atoms with Gasteiger partial charge in [-0.1, -0.05) is 29.8 Å². The Morgan fingerprint density at radius 3 is 2.57 bits per heavy atom. The fourth-order valence-corrected chi connectivity index (χ4v) is 2.62. The summed E-state index contributed by atoms with van der Waals surface area (Å²) in [5, 5.41) is 3.95. The summed E-state index contributed by atoms with van der Waals surface area (Å²) >= 11 is 6.38. The van der Waals surface area contributed by atoms with E-state index < -0.39 is 0 Å². The second kappa shape index (κ2) is 8.65. The highest BCUT2D eigenvalue weighted by Gasteiger charge is 2.12. The Labute approximate surface area is 142 Å². The van der Waals surface area contributed by atoms with E-state index in [-0.39, 0.29) is 0 Å². The van der Waals surface area contributed by atoms with E-state index in [2.05, 4.69) is 11.4 Å². The third kappa shape index (κ3) is 4.53. The van der Waals surface area contributed by atoms with Crippen molar-refractivity contribution in [1.29, 1.82) is 0 Å². The van der Waals surface area contributed by atoms with Gasteiger partial charge in [-0.05, 0) is 36.2 Å².